The zero-order valence-corrected chi connectivity index (χ0v) is 15.5. The van der Waals surface area contributed by atoms with Crippen LogP contribution in [0.25, 0.3) is 5.69 Å². The Hall–Kier alpha value is -2.93. The molecule has 0 saturated carbocycles. The first-order valence-corrected chi connectivity index (χ1v) is 9.03. The number of hydrogen-bond donors (Lipinski definition) is 4. The zero-order chi connectivity index (χ0) is 19.4. The molecule has 7 heteroatoms. The number of piperidine rings is 1. The van der Waals surface area contributed by atoms with E-state index in [-0.39, 0.29) is 23.5 Å². The van der Waals surface area contributed by atoms with Gasteiger partial charge in [-0.25, -0.2) is 4.68 Å². The molecule has 1 aromatic carbocycles. The van der Waals surface area contributed by atoms with Crippen molar-refractivity contribution in [1.29, 1.82) is 10.8 Å². The van der Waals surface area contributed by atoms with Crippen molar-refractivity contribution in [3.05, 3.63) is 54.4 Å². The summed E-state index contributed by atoms with van der Waals surface area (Å²) in [5.74, 6) is 0.0183. The van der Waals surface area contributed by atoms with Crippen LogP contribution in [-0.2, 0) is 4.74 Å². The molecule has 1 fully saturated rings. The van der Waals surface area contributed by atoms with E-state index in [1.807, 2.05) is 0 Å². The first-order valence-electron chi connectivity index (χ1n) is 9.03. The highest BCUT2D eigenvalue weighted by Crippen LogP contribution is 2.22. The Morgan fingerprint density at radius 2 is 2.00 bits per heavy atom. The Kier molecular flexibility index (Phi) is 5.71. The summed E-state index contributed by atoms with van der Waals surface area (Å²) < 4.78 is 7.33. The molecular weight excluding hydrogens is 342 g/mol. The minimum atomic E-state index is -0.00824. The number of aromatic nitrogens is 2. The number of rotatable bonds is 5. The van der Waals surface area contributed by atoms with Gasteiger partial charge in [0.15, 0.2) is 0 Å². The maximum absolute atomic E-state index is 10.2. The van der Waals surface area contributed by atoms with Crippen LogP contribution >= 0.6 is 0 Å². The predicted molar refractivity (Wildman–Crippen MR) is 105 cm³/mol. The fraction of sp³-hybridized carbons (Fsp3) is 0.350. The number of phenols is 1. The maximum atomic E-state index is 10.2. The summed E-state index contributed by atoms with van der Waals surface area (Å²) in [6.07, 6.45) is 8.08. The Morgan fingerprint density at radius 1 is 1.26 bits per heavy atom. The Labute approximate surface area is 158 Å². The molecule has 7 nitrogen and oxygen atoms in total. The smallest absolute Gasteiger partial charge is 0.206 e. The van der Waals surface area contributed by atoms with Gasteiger partial charge in [0.25, 0.3) is 0 Å². The fourth-order valence-electron chi connectivity index (χ4n) is 3.38. The van der Waals surface area contributed by atoms with E-state index in [0.29, 0.717) is 23.3 Å². The standard InChI is InChI=1S/C20H25N5O2/c1-13-10-16(11-14(2)24-13)27-20(22)7-6-18(21)17-5-4-15(12-19(17)26)25-9-3-8-23-25/h3-9,12-14,16,21-22,24,26H,10-11H2,1-2H3/b7-6-,21-18?,22-20?. The van der Waals surface area contributed by atoms with E-state index in [1.165, 1.54) is 12.2 Å². The first-order chi connectivity index (χ1) is 12.9. The lowest BCUT2D eigenvalue weighted by molar-refractivity contribution is 0.113. The molecular formula is C20H25N5O2. The van der Waals surface area contributed by atoms with Crippen LogP contribution in [0.15, 0.2) is 48.8 Å². The number of phenolic OH excluding ortho intramolecular Hbond substituents is 1. The number of hydrogen-bond acceptors (Lipinski definition) is 6. The summed E-state index contributed by atoms with van der Waals surface area (Å²) in [7, 11) is 0. The molecule has 4 N–H and O–H groups in total. The van der Waals surface area contributed by atoms with Crippen LogP contribution in [-0.4, -0.2) is 44.7 Å². The van der Waals surface area contributed by atoms with Crippen molar-refractivity contribution in [2.75, 3.05) is 0 Å². The van der Waals surface area contributed by atoms with Gasteiger partial charge in [0, 0.05) is 42.2 Å². The molecule has 1 aliphatic rings. The van der Waals surface area contributed by atoms with Gasteiger partial charge in [-0.05, 0) is 51.0 Å². The number of benzene rings is 1. The quantitative estimate of drug-likeness (QED) is 0.481. The molecule has 2 atom stereocenters. The van der Waals surface area contributed by atoms with Gasteiger partial charge in [0.2, 0.25) is 5.90 Å². The summed E-state index contributed by atoms with van der Waals surface area (Å²) >= 11 is 0. The molecule has 2 aromatic rings. The number of aromatic hydroxyl groups is 1. The summed E-state index contributed by atoms with van der Waals surface area (Å²) in [6.45, 7) is 4.22. The molecule has 3 rings (SSSR count). The van der Waals surface area contributed by atoms with E-state index in [0.717, 1.165) is 12.8 Å². The molecule has 1 aliphatic heterocycles. The van der Waals surface area contributed by atoms with Crippen LogP contribution in [0.2, 0.25) is 0 Å². The Bertz CT molecular complexity index is 834. The van der Waals surface area contributed by atoms with Crippen LogP contribution in [0.5, 0.6) is 5.75 Å². The van der Waals surface area contributed by atoms with Gasteiger partial charge >= 0.3 is 0 Å². The van der Waals surface area contributed by atoms with E-state index in [9.17, 15) is 5.11 Å². The highest BCUT2D eigenvalue weighted by atomic mass is 16.5. The minimum Gasteiger partial charge on any atom is -0.507 e. The second kappa shape index (κ2) is 8.18. The average Bonchev–Trinajstić information content (AvgIpc) is 3.13. The molecule has 1 aromatic heterocycles. The van der Waals surface area contributed by atoms with Gasteiger partial charge in [0.05, 0.1) is 11.4 Å². The lowest BCUT2D eigenvalue weighted by Gasteiger charge is -2.32. The molecule has 2 heterocycles. The van der Waals surface area contributed by atoms with Crippen molar-refractivity contribution in [2.24, 2.45) is 0 Å². The molecule has 0 amide bonds. The second-order valence-corrected chi connectivity index (χ2v) is 6.94. The number of nitrogens with one attached hydrogen (secondary N) is 3. The van der Waals surface area contributed by atoms with E-state index >= 15 is 0 Å². The fourth-order valence-corrected chi connectivity index (χ4v) is 3.38. The topological polar surface area (TPSA) is 107 Å². The van der Waals surface area contributed by atoms with Gasteiger partial charge in [-0.3, -0.25) is 5.41 Å². The van der Waals surface area contributed by atoms with Gasteiger partial charge < -0.3 is 20.6 Å². The third-order valence-electron chi connectivity index (χ3n) is 4.54. The predicted octanol–water partition coefficient (Wildman–Crippen LogP) is 3.02. The van der Waals surface area contributed by atoms with E-state index in [1.54, 1.807) is 41.3 Å². The molecule has 142 valence electrons. The Morgan fingerprint density at radius 3 is 2.63 bits per heavy atom. The minimum absolute atomic E-state index is 0.00402. The molecule has 0 spiro atoms. The van der Waals surface area contributed by atoms with E-state index in [2.05, 4.69) is 24.3 Å². The van der Waals surface area contributed by atoms with Crippen LogP contribution in [0.4, 0.5) is 0 Å². The number of nitrogens with zero attached hydrogens (tertiary/aromatic N) is 2. The lowest BCUT2D eigenvalue weighted by Crippen LogP contribution is -2.45. The molecule has 0 bridgehead atoms. The van der Waals surface area contributed by atoms with E-state index in [4.69, 9.17) is 15.6 Å². The van der Waals surface area contributed by atoms with Crippen molar-refractivity contribution < 1.29 is 9.84 Å². The summed E-state index contributed by atoms with van der Waals surface area (Å²) in [5, 5.41) is 33.9. The highest BCUT2D eigenvalue weighted by Gasteiger charge is 2.24. The van der Waals surface area contributed by atoms with Crippen LogP contribution in [0.3, 0.4) is 0 Å². The van der Waals surface area contributed by atoms with E-state index < -0.39 is 0 Å². The molecule has 0 radical (unpaired) electrons. The van der Waals surface area contributed by atoms with Crippen molar-refractivity contribution in [3.8, 4) is 11.4 Å². The summed E-state index contributed by atoms with van der Waals surface area (Å²) in [5.41, 5.74) is 1.21. The molecule has 1 saturated heterocycles. The van der Waals surface area contributed by atoms with Crippen LogP contribution < -0.4 is 5.32 Å². The SMILES string of the molecule is CC1CC(OC(=N)/C=C\C(=N)c2ccc(-n3cccn3)cc2O)CC(C)N1. The first kappa shape index (κ1) is 18.8. The molecule has 2 unspecified atom stereocenters. The second-order valence-electron chi connectivity index (χ2n) is 6.94. The monoisotopic (exact) mass is 367 g/mol. The van der Waals surface area contributed by atoms with Crippen molar-refractivity contribution in [1.82, 2.24) is 15.1 Å². The molecule has 0 aliphatic carbocycles. The van der Waals surface area contributed by atoms with Gasteiger partial charge in [-0.1, -0.05) is 0 Å². The maximum Gasteiger partial charge on any atom is 0.206 e. The van der Waals surface area contributed by atoms with Crippen LogP contribution in [0.1, 0.15) is 32.3 Å². The third-order valence-corrected chi connectivity index (χ3v) is 4.54. The lowest BCUT2D eigenvalue weighted by atomic mass is 9.98. The normalized spacial score (nSPS) is 22.7. The van der Waals surface area contributed by atoms with Crippen molar-refractivity contribution in [2.45, 2.75) is 44.9 Å². The third kappa shape index (κ3) is 4.83. The highest BCUT2D eigenvalue weighted by molar-refractivity contribution is 6.10. The number of ether oxygens (including phenoxy) is 1. The van der Waals surface area contributed by atoms with Gasteiger partial charge in [-0.15, -0.1) is 0 Å². The van der Waals surface area contributed by atoms with Crippen molar-refractivity contribution >= 4 is 11.6 Å². The van der Waals surface area contributed by atoms with Gasteiger partial charge in [-0.2, -0.15) is 5.10 Å². The van der Waals surface area contributed by atoms with Gasteiger partial charge in [0.1, 0.15) is 11.9 Å². The summed E-state index contributed by atoms with van der Waals surface area (Å²) in [4.78, 5) is 0. The average molecular weight is 367 g/mol. The molecule has 27 heavy (non-hydrogen) atoms. The zero-order valence-electron chi connectivity index (χ0n) is 15.5. The number of allylic oxidation sites excluding steroid dienone is 1. The Balaban J connectivity index is 1.61. The summed E-state index contributed by atoms with van der Waals surface area (Å²) in [6, 6.07) is 7.53. The van der Waals surface area contributed by atoms with Crippen LogP contribution in [0, 0.1) is 10.8 Å². The largest absolute Gasteiger partial charge is 0.507 e. The van der Waals surface area contributed by atoms with Crippen molar-refractivity contribution in [3.63, 3.8) is 0 Å².